The monoisotopic (exact) mass is 522 g/mol. The van der Waals surface area contributed by atoms with Gasteiger partial charge in [0.15, 0.2) is 0 Å². The van der Waals surface area contributed by atoms with Gasteiger partial charge in [0, 0.05) is 32.7 Å². The Hall–Kier alpha value is -5.54. The lowest BCUT2D eigenvalue weighted by Gasteiger charge is -2.13. The van der Waals surface area contributed by atoms with E-state index in [-0.39, 0.29) is 0 Å². The maximum atomic E-state index is 6.50. The number of hydrogen-bond acceptors (Lipinski definition) is 3. The largest absolute Gasteiger partial charge is 0.455 e. The van der Waals surface area contributed by atoms with Crippen molar-refractivity contribution in [1.29, 1.82) is 0 Å². The summed E-state index contributed by atoms with van der Waals surface area (Å²) in [7, 11) is 0. The number of benzene rings is 7. The van der Waals surface area contributed by atoms with Gasteiger partial charge >= 0.3 is 0 Å². The Kier molecular flexibility index (Phi) is 4.61. The summed E-state index contributed by atoms with van der Waals surface area (Å²) in [5.74, 6) is 0. The Bertz CT molecular complexity index is 2470. The lowest BCUT2D eigenvalue weighted by molar-refractivity contribution is 0.673. The van der Waals surface area contributed by atoms with Crippen LogP contribution in [-0.4, -0.2) is 9.97 Å². The minimum absolute atomic E-state index is 0.884. The minimum atomic E-state index is 0.884. The Morgan fingerprint density at radius 2 is 1.02 bits per heavy atom. The molecule has 2 aromatic heterocycles. The number of aromatic nitrogens is 2. The molecule has 0 amide bonds. The fraction of sp³-hybridized carbons (Fsp3) is 0. The van der Waals surface area contributed by atoms with Crippen LogP contribution in [0.4, 0.5) is 0 Å². The molecule has 0 bridgehead atoms. The fourth-order valence-corrected chi connectivity index (χ4v) is 6.29. The van der Waals surface area contributed by atoms with Crippen molar-refractivity contribution in [2.45, 2.75) is 0 Å². The lowest BCUT2D eigenvalue weighted by Crippen LogP contribution is -1.95. The van der Waals surface area contributed by atoms with Crippen LogP contribution >= 0.6 is 0 Å². The molecule has 0 fully saturated rings. The SMILES string of the molecule is c1ccc(-c2nc3ccccc3nc2-c2ccc3c(ccc4ccc5ccc6c7ccccc7oc6c5c43)c2)cc1. The second kappa shape index (κ2) is 8.48. The average molecular weight is 523 g/mol. The molecule has 0 saturated heterocycles. The van der Waals surface area contributed by atoms with Crippen molar-refractivity contribution in [1.82, 2.24) is 9.97 Å². The molecule has 190 valence electrons. The van der Waals surface area contributed by atoms with Crippen molar-refractivity contribution < 1.29 is 4.42 Å². The quantitative estimate of drug-likeness (QED) is 0.212. The highest BCUT2D eigenvalue weighted by Gasteiger charge is 2.17. The Morgan fingerprint density at radius 1 is 0.415 bits per heavy atom. The summed E-state index contributed by atoms with van der Waals surface area (Å²) < 4.78 is 6.50. The summed E-state index contributed by atoms with van der Waals surface area (Å²) in [4.78, 5) is 10.2. The molecule has 7 aromatic carbocycles. The zero-order valence-electron chi connectivity index (χ0n) is 22.0. The molecule has 9 rings (SSSR count). The van der Waals surface area contributed by atoms with Crippen LogP contribution < -0.4 is 0 Å². The van der Waals surface area contributed by atoms with Crippen LogP contribution in [0.2, 0.25) is 0 Å². The van der Waals surface area contributed by atoms with E-state index in [1.807, 2.05) is 54.6 Å². The molecule has 0 radical (unpaired) electrons. The lowest BCUT2D eigenvalue weighted by atomic mass is 9.93. The van der Waals surface area contributed by atoms with Gasteiger partial charge in [-0.3, -0.25) is 0 Å². The molecule has 2 heterocycles. The second-order valence-electron chi connectivity index (χ2n) is 10.6. The molecule has 3 nitrogen and oxygen atoms in total. The van der Waals surface area contributed by atoms with Crippen LogP contribution in [0.1, 0.15) is 0 Å². The molecule has 0 N–H and O–H groups in total. The summed E-state index contributed by atoms with van der Waals surface area (Å²) in [6.07, 6.45) is 0. The van der Waals surface area contributed by atoms with E-state index in [0.717, 1.165) is 66.3 Å². The molecule has 0 spiro atoms. The number of para-hydroxylation sites is 3. The van der Waals surface area contributed by atoms with E-state index in [1.54, 1.807) is 0 Å². The van der Waals surface area contributed by atoms with Crippen molar-refractivity contribution >= 4 is 65.3 Å². The normalized spacial score (nSPS) is 11.9. The van der Waals surface area contributed by atoms with Crippen LogP contribution in [0.15, 0.2) is 138 Å². The van der Waals surface area contributed by atoms with Gasteiger partial charge in [-0.15, -0.1) is 0 Å². The summed E-state index contributed by atoms with van der Waals surface area (Å²) in [5, 5.41) is 9.38. The van der Waals surface area contributed by atoms with E-state index in [1.165, 1.54) is 21.5 Å². The van der Waals surface area contributed by atoms with Crippen LogP contribution in [0.3, 0.4) is 0 Å². The van der Waals surface area contributed by atoms with Gasteiger partial charge in [-0.2, -0.15) is 0 Å². The molecule has 9 aromatic rings. The van der Waals surface area contributed by atoms with Gasteiger partial charge < -0.3 is 4.42 Å². The van der Waals surface area contributed by atoms with Gasteiger partial charge in [0.2, 0.25) is 0 Å². The molecule has 0 aliphatic rings. The Morgan fingerprint density at radius 3 is 1.83 bits per heavy atom. The molecule has 3 heteroatoms. The maximum absolute atomic E-state index is 6.50. The van der Waals surface area contributed by atoms with Crippen molar-refractivity contribution in [2.24, 2.45) is 0 Å². The number of rotatable bonds is 2. The smallest absolute Gasteiger partial charge is 0.143 e. The van der Waals surface area contributed by atoms with Crippen LogP contribution in [0.25, 0.3) is 87.8 Å². The van der Waals surface area contributed by atoms with Crippen molar-refractivity contribution in [3.8, 4) is 22.5 Å². The first-order valence-electron chi connectivity index (χ1n) is 13.8. The molecule has 0 aliphatic heterocycles. The highest BCUT2D eigenvalue weighted by atomic mass is 16.3. The van der Waals surface area contributed by atoms with Gasteiger partial charge in [0.1, 0.15) is 11.2 Å². The zero-order valence-corrected chi connectivity index (χ0v) is 22.0. The highest BCUT2D eigenvalue weighted by molar-refractivity contribution is 6.28. The third kappa shape index (κ3) is 3.33. The van der Waals surface area contributed by atoms with Crippen LogP contribution in [0.5, 0.6) is 0 Å². The Labute approximate surface area is 235 Å². The average Bonchev–Trinajstić information content (AvgIpc) is 3.43. The summed E-state index contributed by atoms with van der Waals surface area (Å²) in [6.45, 7) is 0. The summed E-state index contributed by atoms with van der Waals surface area (Å²) in [6, 6.07) is 46.6. The van der Waals surface area contributed by atoms with Crippen LogP contribution in [0, 0.1) is 0 Å². The summed E-state index contributed by atoms with van der Waals surface area (Å²) in [5.41, 5.74) is 7.51. The predicted octanol–water partition coefficient (Wildman–Crippen LogP) is 10.3. The van der Waals surface area contributed by atoms with Crippen molar-refractivity contribution in [2.75, 3.05) is 0 Å². The van der Waals surface area contributed by atoms with Gasteiger partial charge in [-0.25, -0.2) is 9.97 Å². The van der Waals surface area contributed by atoms with Crippen molar-refractivity contribution in [3.05, 3.63) is 133 Å². The number of hydrogen-bond donors (Lipinski definition) is 0. The number of nitrogens with zero attached hydrogens (tertiary/aromatic N) is 2. The van der Waals surface area contributed by atoms with E-state index in [9.17, 15) is 0 Å². The molecular formula is C38H22N2O. The molecule has 0 atom stereocenters. The van der Waals surface area contributed by atoms with Gasteiger partial charge in [-0.05, 0) is 51.9 Å². The van der Waals surface area contributed by atoms with E-state index in [2.05, 4.69) is 78.9 Å². The first kappa shape index (κ1) is 22.3. The third-order valence-electron chi connectivity index (χ3n) is 8.21. The van der Waals surface area contributed by atoms with Crippen molar-refractivity contribution in [3.63, 3.8) is 0 Å². The molecule has 0 unspecified atom stereocenters. The fourth-order valence-electron chi connectivity index (χ4n) is 6.29. The Balaban J connectivity index is 1.35. The highest BCUT2D eigenvalue weighted by Crippen LogP contribution is 2.41. The second-order valence-corrected chi connectivity index (χ2v) is 10.6. The third-order valence-corrected chi connectivity index (χ3v) is 8.21. The van der Waals surface area contributed by atoms with E-state index in [0.29, 0.717) is 0 Å². The van der Waals surface area contributed by atoms with Crippen LogP contribution in [-0.2, 0) is 0 Å². The summed E-state index contributed by atoms with van der Waals surface area (Å²) >= 11 is 0. The first-order chi connectivity index (χ1) is 20.3. The molecular weight excluding hydrogens is 500 g/mol. The predicted molar refractivity (Wildman–Crippen MR) is 170 cm³/mol. The van der Waals surface area contributed by atoms with E-state index in [4.69, 9.17) is 14.4 Å². The topological polar surface area (TPSA) is 38.9 Å². The number of furan rings is 1. The van der Waals surface area contributed by atoms with E-state index < -0.39 is 0 Å². The maximum Gasteiger partial charge on any atom is 0.143 e. The number of fused-ring (bicyclic) bond motifs is 10. The molecule has 0 saturated carbocycles. The van der Waals surface area contributed by atoms with Gasteiger partial charge in [0.25, 0.3) is 0 Å². The van der Waals surface area contributed by atoms with E-state index >= 15 is 0 Å². The minimum Gasteiger partial charge on any atom is -0.455 e. The molecule has 41 heavy (non-hydrogen) atoms. The standard InChI is InChI=1S/C38H22N2O/c1-2-8-25(9-3-1)36-37(40-32-12-6-5-11-31(32)39-36)27-19-20-28-26(22-27)17-16-23-14-15-24-18-21-30-29-10-4-7-13-33(29)41-38(30)35(24)34(23)28/h1-22H. The van der Waals surface area contributed by atoms with Gasteiger partial charge in [0.05, 0.1) is 22.4 Å². The van der Waals surface area contributed by atoms with Gasteiger partial charge in [-0.1, -0.05) is 103 Å². The zero-order chi connectivity index (χ0) is 26.9. The molecule has 0 aliphatic carbocycles. The first-order valence-corrected chi connectivity index (χ1v) is 13.8.